The van der Waals surface area contributed by atoms with Crippen LogP contribution < -0.4 is 5.73 Å². The lowest BCUT2D eigenvalue weighted by Gasteiger charge is -2.26. The molecule has 0 unspecified atom stereocenters. The third kappa shape index (κ3) is 5.77. The fraction of sp³-hybridized carbons (Fsp3) is 0.625. The number of rotatable bonds is 9. The van der Waals surface area contributed by atoms with Gasteiger partial charge in [-0.1, -0.05) is 44.0 Å². The minimum absolute atomic E-state index is 0.00968. The van der Waals surface area contributed by atoms with Crippen molar-refractivity contribution in [1.82, 2.24) is 4.31 Å². The summed E-state index contributed by atoms with van der Waals surface area (Å²) in [6.07, 6.45) is 3.06. The molecule has 0 aliphatic carbocycles. The van der Waals surface area contributed by atoms with Gasteiger partial charge in [0.05, 0.1) is 5.75 Å². The molecule has 0 bridgehead atoms. The molecule has 0 radical (unpaired) electrons. The van der Waals surface area contributed by atoms with Crippen molar-refractivity contribution in [3.8, 4) is 0 Å². The van der Waals surface area contributed by atoms with Gasteiger partial charge < -0.3 is 5.73 Å². The molecule has 2 N–H and O–H groups in total. The Labute approximate surface area is 129 Å². The fourth-order valence-electron chi connectivity index (χ4n) is 2.38. The zero-order valence-electron chi connectivity index (χ0n) is 13.4. The van der Waals surface area contributed by atoms with Crippen LogP contribution in [0.4, 0.5) is 0 Å². The summed E-state index contributed by atoms with van der Waals surface area (Å²) in [6.45, 7) is 7.01. The molecular weight excluding hydrogens is 284 g/mol. The van der Waals surface area contributed by atoms with E-state index in [0.29, 0.717) is 13.1 Å². The van der Waals surface area contributed by atoms with E-state index in [2.05, 4.69) is 6.92 Å². The maximum Gasteiger partial charge on any atom is 0.218 e. The fourth-order valence-corrected chi connectivity index (χ4v) is 4.19. The first-order valence-corrected chi connectivity index (χ1v) is 9.29. The van der Waals surface area contributed by atoms with Crippen molar-refractivity contribution in [2.75, 3.05) is 6.54 Å². The Morgan fingerprint density at radius 3 is 2.43 bits per heavy atom. The predicted octanol–water partition coefficient (Wildman–Crippen LogP) is 2.88. The highest BCUT2D eigenvalue weighted by Gasteiger charge is 2.24. The molecule has 1 aromatic rings. The molecule has 0 spiro atoms. The van der Waals surface area contributed by atoms with Gasteiger partial charge in [-0.3, -0.25) is 0 Å². The molecule has 0 heterocycles. The minimum atomic E-state index is -3.29. The second-order valence-corrected chi connectivity index (χ2v) is 7.61. The Hall–Kier alpha value is -0.910. The van der Waals surface area contributed by atoms with Crippen molar-refractivity contribution in [2.45, 2.75) is 58.4 Å². The third-order valence-electron chi connectivity index (χ3n) is 3.49. The molecule has 0 saturated heterocycles. The number of nitrogens with two attached hydrogens (primary N) is 1. The van der Waals surface area contributed by atoms with E-state index in [-0.39, 0.29) is 11.8 Å². The molecule has 5 heteroatoms. The van der Waals surface area contributed by atoms with E-state index in [1.165, 1.54) is 0 Å². The van der Waals surface area contributed by atoms with E-state index in [1.54, 1.807) is 4.31 Å². The number of hydrogen-bond acceptors (Lipinski definition) is 3. The van der Waals surface area contributed by atoms with Crippen LogP contribution in [0.1, 0.15) is 51.2 Å². The molecule has 1 aromatic carbocycles. The Morgan fingerprint density at radius 1 is 1.19 bits per heavy atom. The van der Waals surface area contributed by atoms with Gasteiger partial charge in [0.1, 0.15) is 0 Å². The van der Waals surface area contributed by atoms with Gasteiger partial charge in [0.15, 0.2) is 0 Å². The zero-order valence-corrected chi connectivity index (χ0v) is 14.2. The van der Waals surface area contributed by atoms with Crippen molar-refractivity contribution >= 4 is 10.0 Å². The molecule has 120 valence electrons. The van der Waals surface area contributed by atoms with Gasteiger partial charge in [0.2, 0.25) is 10.0 Å². The number of unbranched alkanes of at least 4 members (excludes halogenated alkanes) is 2. The van der Waals surface area contributed by atoms with E-state index in [0.717, 1.165) is 30.4 Å². The van der Waals surface area contributed by atoms with Gasteiger partial charge >= 0.3 is 0 Å². The van der Waals surface area contributed by atoms with Crippen LogP contribution >= 0.6 is 0 Å². The Bertz CT molecular complexity index is 527. The molecule has 4 nitrogen and oxygen atoms in total. The molecule has 0 aromatic heterocycles. The summed E-state index contributed by atoms with van der Waals surface area (Å²) < 4.78 is 26.9. The Balaban J connectivity index is 2.84. The number of hydrogen-bond donors (Lipinski definition) is 1. The van der Waals surface area contributed by atoms with Crippen LogP contribution in [0.2, 0.25) is 0 Å². The zero-order chi connectivity index (χ0) is 15.9. The lowest BCUT2D eigenvalue weighted by atomic mass is 10.1. The molecule has 0 amide bonds. The topological polar surface area (TPSA) is 63.4 Å². The van der Waals surface area contributed by atoms with Gasteiger partial charge in [-0.25, -0.2) is 8.42 Å². The lowest BCUT2D eigenvalue weighted by molar-refractivity contribution is 0.345. The van der Waals surface area contributed by atoms with Crippen LogP contribution in [-0.4, -0.2) is 25.3 Å². The lowest BCUT2D eigenvalue weighted by Crippen LogP contribution is -2.38. The summed E-state index contributed by atoms with van der Waals surface area (Å²) in [5.74, 6) is 0.0468. The molecule has 0 atom stereocenters. The van der Waals surface area contributed by atoms with E-state index < -0.39 is 10.0 Å². The molecule has 0 aliphatic heterocycles. The average Bonchev–Trinajstić information content (AvgIpc) is 2.42. The van der Waals surface area contributed by atoms with Crippen molar-refractivity contribution in [1.29, 1.82) is 0 Å². The highest BCUT2D eigenvalue weighted by atomic mass is 32.2. The monoisotopic (exact) mass is 312 g/mol. The molecule has 1 rings (SSSR count). The van der Waals surface area contributed by atoms with Crippen LogP contribution in [0.5, 0.6) is 0 Å². The minimum Gasteiger partial charge on any atom is -0.326 e. The molecule has 0 fully saturated rings. The summed E-state index contributed by atoms with van der Waals surface area (Å²) in [5.41, 5.74) is 7.38. The van der Waals surface area contributed by atoms with Crippen molar-refractivity contribution < 1.29 is 8.42 Å². The number of nitrogens with zero attached hydrogens (tertiary/aromatic N) is 1. The summed E-state index contributed by atoms with van der Waals surface area (Å²) >= 11 is 0. The van der Waals surface area contributed by atoms with Crippen LogP contribution in [0.3, 0.4) is 0 Å². The first-order valence-electron chi connectivity index (χ1n) is 7.68. The van der Waals surface area contributed by atoms with Crippen LogP contribution in [0.15, 0.2) is 24.3 Å². The van der Waals surface area contributed by atoms with E-state index in [9.17, 15) is 8.42 Å². The SMILES string of the molecule is CCCCCN(C(C)C)S(=O)(=O)Cc1cccc(CN)c1. The van der Waals surface area contributed by atoms with Crippen molar-refractivity contribution in [3.63, 3.8) is 0 Å². The Kier molecular flexibility index (Phi) is 7.35. The molecule has 21 heavy (non-hydrogen) atoms. The third-order valence-corrected chi connectivity index (χ3v) is 5.51. The molecule has 0 aliphatic rings. The predicted molar refractivity (Wildman–Crippen MR) is 88.3 cm³/mol. The van der Waals surface area contributed by atoms with E-state index >= 15 is 0 Å². The quantitative estimate of drug-likeness (QED) is 0.713. The van der Waals surface area contributed by atoms with Gasteiger partial charge in [-0.2, -0.15) is 4.31 Å². The highest BCUT2D eigenvalue weighted by Crippen LogP contribution is 2.16. The van der Waals surface area contributed by atoms with E-state index in [4.69, 9.17) is 5.73 Å². The summed E-state index contributed by atoms with van der Waals surface area (Å²) in [6, 6.07) is 7.50. The summed E-state index contributed by atoms with van der Waals surface area (Å²) in [4.78, 5) is 0. The maximum absolute atomic E-state index is 12.6. The summed E-state index contributed by atoms with van der Waals surface area (Å²) in [5, 5.41) is 0. The largest absolute Gasteiger partial charge is 0.326 e. The van der Waals surface area contributed by atoms with Crippen LogP contribution in [0.25, 0.3) is 0 Å². The second-order valence-electron chi connectivity index (χ2n) is 5.69. The van der Waals surface area contributed by atoms with Crippen molar-refractivity contribution in [2.24, 2.45) is 5.73 Å². The average molecular weight is 312 g/mol. The number of sulfonamides is 1. The standard InChI is InChI=1S/C16H28N2O2S/c1-4-5-6-10-18(14(2)3)21(19,20)13-16-9-7-8-15(11-16)12-17/h7-9,11,14H,4-6,10,12-13,17H2,1-3H3. The Morgan fingerprint density at radius 2 is 1.86 bits per heavy atom. The van der Waals surface area contributed by atoms with Crippen LogP contribution in [-0.2, 0) is 22.3 Å². The van der Waals surface area contributed by atoms with Crippen LogP contribution in [0, 0.1) is 0 Å². The van der Waals surface area contributed by atoms with Gasteiger partial charge in [-0.05, 0) is 31.4 Å². The highest BCUT2D eigenvalue weighted by molar-refractivity contribution is 7.88. The maximum atomic E-state index is 12.6. The molecular formula is C16H28N2O2S. The molecule has 0 saturated carbocycles. The smallest absolute Gasteiger partial charge is 0.218 e. The van der Waals surface area contributed by atoms with Gasteiger partial charge in [0, 0.05) is 19.1 Å². The van der Waals surface area contributed by atoms with E-state index in [1.807, 2.05) is 38.1 Å². The normalized spacial score (nSPS) is 12.3. The van der Waals surface area contributed by atoms with Gasteiger partial charge in [-0.15, -0.1) is 0 Å². The number of benzene rings is 1. The first-order chi connectivity index (χ1) is 9.90. The first kappa shape index (κ1) is 18.1. The summed E-state index contributed by atoms with van der Waals surface area (Å²) in [7, 11) is -3.29. The van der Waals surface area contributed by atoms with Crippen molar-refractivity contribution in [3.05, 3.63) is 35.4 Å². The second kappa shape index (κ2) is 8.51. The van der Waals surface area contributed by atoms with Gasteiger partial charge in [0.25, 0.3) is 0 Å².